The Kier molecular flexibility index (Phi) is 4.24. The molecule has 1 aliphatic rings. The summed E-state index contributed by atoms with van der Waals surface area (Å²) in [5.41, 5.74) is 1.67. The molecule has 0 bridgehead atoms. The predicted molar refractivity (Wildman–Crippen MR) is 87.9 cm³/mol. The van der Waals surface area contributed by atoms with E-state index < -0.39 is 10.9 Å². The highest BCUT2D eigenvalue weighted by Gasteiger charge is 2.21. The van der Waals surface area contributed by atoms with E-state index in [9.17, 15) is 14.9 Å². The van der Waals surface area contributed by atoms with E-state index in [4.69, 9.17) is 4.74 Å². The van der Waals surface area contributed by atoms with Crippen LogP contribution in [0.15, 0.2) is 65.6 Å². The maximum atomic E-state index is 11.8. The van der Waals surface area contributed by atoms with Gasteiger partial charge in [-0.3, -0.25) is 15.1 Å². The van der Waals surface area contributed by atoms with Gasteiger partial charge in [-0.15, -0.1) is 0 Å². The van der Waals surface area contributed by atoms with Gasteiger partial charge in [0.05, 0.1) is 4.92 Å². The van der Waals surface area contributed by atoms with E-state index in [-0.39, 0.29) is 17.3 Å². The zero-order valence-corrected chi connectivity index (χ0v) is 12.3. The van der Waals surface area contributed by atoms with Crippen LogP contribution in [0.3, 0.4) is 0 Å². The zero-order chi connectivity index (χ0) is 16.9. The van der Waals surface area contributed by atoms with Crippen LogP contribution in [0.2, 0.25) is 0 Å². The third-order valence-electron chi connectivity index (χ3n) is 3.15. The molecule has 0 fully saturated rings. The number of nitro benzene ring substituents is 1. The lowest BCUT2D eigenvalue weighted by atomic mass is 10.2. The van der Waals surface area contributed by atoms with Gasteiger partial charge in [0.15, 0.2) is 5.70 Å². The van der Waals surface area contributed by atoms with Crippen molar-refractivity contribution in [1.29, 1.82) is 0 Å². The molecular weight excluding hydrogens is 310 g/mol. The first kappa shape index (κ1) is 15.3. The van der Waals surface area contributed by atoms with Crippen molar-refractivity contribution < 1.29 is 14.5 Å². The molecule has 1 aromatic carbocycles. The molecule has 2 heterocycles. The standard InChI is InChI=1S/C17H11N3O4/c21-17-15(10-13-2-1-9-18-11-13)19-16(24-17)8-5-12-3-6-14(7-4-12)20(22)23/h1-11H/b8-5+,15-10+. The van der Waals surface area contributed by atoms with Crippen molar-refractivity contribution >= 4 is 29.7 Å². The van der Waals surface area contributed by atoms with Crippen molar-refractivity contribution in [3.8, 4) is 0 Å². The Hall–Kier alpha value is -3.61. The summed E-state index contributed by atoms with van der Waals surface area (Å²) in [7, 11) is 0. The molecule has 0 N–H and O–H groups in total. The molecule has 7 heteroatoms. The highest BCUT2D eigenvalue weighted by molar-refractivity contribution is 6.11. The Bertz CT molecular complexity index is 868. The van der Waals surface area contributed by atoms with Gasteiger partial charge in [-0.2, -0.15) is 0 Å². The number of carbonyl (C=O) groups excluding carboxylic acids is 1. The van der Waals surface area contributed by atoms with Crippen molar-refractivity contribution in [3.63, 3.8) is 0 Å². The molecule has 0 unspecified atom stereocenters. The van der Waals surface area contributed by atoms with Gasteiger partial charge < -0.3 is 4.74 Å². The number of aliphatic imine (C=N–C) groups is 1. The minimum Gasteiger partial charge on any atom is -0.403 e. The highest BCUT2D eigenvalue weighted by atomic mass is 16.6. The number of esters is 1. The van der Waals surface area contributed by atoms with E-state index in [0.717, 1.165) is 11.1 Å². The number of non-ortho nitro benzene ring substituents is 1. The Morgan fingerprint density at radius 2 is 1.88 bits per heavy atom. The summed E-state index contributed by atoms with van der Waals surface area (Å²) in [5, 5.41) is 10.6. The minimum absolute atomic E-state index is 0.0125. The van der Waals surface area contributed by atoms with E-state index in [1.54, 1.807) is 48.8 Å². The second kappa shape index (κ2) is 6.66. The van der Waals surface area contributed by atoms with Crippen molar-refractivity contribution in [2.75, 3.05) is 0 Å². The van der Waals surface area contributed by atoms with Crippen molar-refractivity contribution in [3.05, 3.63) is 81.8 Å². The smallest absolute Gasteiger partial charge is 0.363 e. The number of rotatable bonds is 4. The third kappa shape index (κ3) is 3.58. The van der Waals surface area contributed by atoms with Crippen LogP contribution in [0.4, 0.5) is 5.69 Å². The van der Waals surface area contributed by atoms with Gasteiger partial charge in [-0.25, -0.2) is 9.79 Å². The van der Waals surface area contributed by atoms with Gasteiger partial charge >= 0.3 is 5.97 Å². The number of ether oxygens (including phenoxy) is 1. The van der Waals surface area contributed by atoms with Gasteiger partial charge in [0.1, 0.15) is 0 Å². The fraction of sp³-hybridized carbons (Fsp3) is 0. The second-order valence-corrected chi connectivity index (χ2v) is 4.84. The lowest BCUT2D eigenvalue weighted by Crippen LogP contribution is -2.01. The summed E-state index contributed by atoms with van der Waals surface area (Å²) >= 11 is 0. The van der Waals surface area contributed by atoms with Crippen LogP contribution in [0.25, 0.3) is 12.2 Å². The number of hydrogen-bond acceptors (Lipinski definition) is 6. The van der Waals surface area contributed by atoms with Gasteiger partial charge in [-0.1, -0.05) is 6.07 Å². The number of nitro groups is 1. The summed E-state index contributed by atoms with van der Waals surface area (Å²) in [6.45, 7) is 0. The summed E-state index contributed by atoms with van der Waals surface area (Å²) in [6.07, 6.45) is 8.02. The molecule has 2 aromatic rings. The molecule has 7 nitrogen and oxygen atoms in total. The Labute approximate surface area is 136 Å². The predicted octanol–water partition coefficient (Wildman–Crippen LogP) is 3.00. The van der Waals surface area contributed by atoms with Crippen LogP contribution < -0.4 is 0 Å². The van der Waals surface area contributed by atoms with E-state index in [1.165, 1.54) is 18.2 Å². The normalized spacial score (nSPS) is 15.6. The molecule has 0 amide bonds. The van der Waals surface area contributed by atoms with E-state index in [2.05, 4.69) is 9.98 Å². The molecule has 1 aliphatic heterocycles. The number of hydrogen-bond donors (Lipinski definition) is 0. The van der Waals surface area contributed by atoms with Crippen LogP contribution in [0.5, 0.6) is 0 Å². The van der Waals surface area contributed by atoms with Crippen LogP contribution >= 0.6 is 0 Å². The fourth-order valence-corrected chi connectivity index (χ4v) is 1.99. The number of cyclic esters (lactones) is 1. The molecular formula is C17H11N3O4. The first-order valence-corrected chi connectivity index (χ1v) is 6.97. The van der Waals surface area contributed by atoms with Crippen LogP contribution in [0, 0.1) is 10.1 Å². The molecule has 118 valence electrons. The van der Waals surface area contributed by atoms with Crippen LogP contribution in [0.1, 0.15) is 11.1 Å². The Morgan fingerprint density at radius 3 is 2.54 bits per heavy atom. The van der Waals surface area contributed by atoms with Crippen LogP contribution in [-0.2, 0) is 9.53 Å². The molecule has 1 aromatic heterocycles. The number of aromatic nitrogens is 1. The lowest BCUT2D eigenvalue weighted by molar-refractivity contribution is -0.384. The Morgan fingerprint density at radius 1 is 1.08 bits per heavy atom. The molecule has 24 heavy (non-hydrogen) atoms. The van der Waals surface area contributed by atoms with E-state index in [0.29, 0.717) is 0 Å². The fourth-order valence-electron chi connectivity index (χ4n) is 1.99. The number of carbonyl (C=O) groups is 1. The molecule has 0 saturated carbocycles. The molecule has 0 atom stereocenters. The average Bonchev–Trinajstić information content (AvgIpc) is 2.94. The van der Waals surface area contributed by atoms with Gasteiger partial charge in [0, 0.05) is 30.6 Å². The summed E-state index contributed by atoms with van der Waals surface area (Å²) in [4.78, 5) is 30.0. The van der Waals surface area contributed by atoms with Gasteiger partial charge in [0.2, 0.25) is 5.90 Å². The topological polar surface area (TPSA) is 94.7 Å². The minimum atomic E-state index is -0.540. The van der Waals surface area contributed by atoms with Crippen molar-refractivity contribution in [2.45, 2.75) is 0 Å². The molecule has 0 spiro atoms. The van der Waals surface area contributed by atoms with E-state index in [1.807, 2.05) is 0 Å². The quantitative estimate of drug-likeness (QED) is 0.373. The molecule has 0 aliphatic carbocycles. The average molecular weight is 321 g/mol. The van der Waals surface area contributed by atoms with Crippen LogP contribution in [-0.4, -0.2) is 21.8 Å². The molecule has 0 radical (unpaired) electrons. The number of nitrogens with zero attached hydrogens (tertiary/aromatic N) is 3. The maximum absolute atomic E-state index is 11.8. The first-order chi connectivity index (χ1) is 11.6. The van der Waals surface area contributed by atoms with Crippen molar-refractivity contribution in [2.24, 2.45) is 4.99 Å². The lowest BCUT2D eigenvalue weighted by Gasteiger charge is -1.94. The number of pyridine rings is 1. The summed E-state index contributed by atoms with van der Waals surface area (Å²) < 4.78 is 5.06. The highest BCUT2D eigenvalue weighted by Crippen LogP contribution is 2.17. The third-order valence-corrected chi connectivity index (χ3v) is 3.15. The largest absolute Gasteiger partial charge is 0.403 e. The SMILES string of the molecule is O=C1OC(/C=C/c2ccc([N+](=O)[O-])cc2)=NC/1=C/c1cccnc1. The molecule has 3 rings (SSSR count). The second-order valence-electron chi connectivity index (χ2n) is 4.84. The van der Waals surface area contributed by atoms with E-state index >= 15 is 0 Å². The van der Waals surface area contributed by atoms with Gasteiger partial charge in [0.25, 0.3) is 5.69 Å². The maximum Gasteiger partial charge on any atom is 0.363 e. The summed E-state index contributed by atoms with van der Waals surface area (Å²) in [5.74, 6) is -0.379. The van der Waals surface area contributed by atoms with Gasteiger partial charge in [-0.05, 0) is 41.5 Å². The van der Waals surface area contributed by atoms with Crippen molar-refractivity contribution in [1.82, 2.24) is 4.98 Å². The molecule has 0 saturated heterocycles. The summed E-state index contributed by atoms with van der Waals surface area (Å²) in [6, 6.07) is 9.54. The number of benzene rings is 1. The zero-order valence-electron chi connectivity index (χ0n) is 12.3. The monoisotopic (exact) mass is 321 g/mol. The first-order valence-electron chi connectivity index (χ1n) is 6.97. The Balaban J connectivity index is 1.76.